The van der Waals surface area contributed by atoms with Crippen LogP contribution >= 0.6 is 0 Å². The highest BCUT2D eigenvalue weighted by atomic mass is 16.1. The third kappa shape index (κ3) is 2.18. The predicted molar refractivity (Wildman–Crippen MR) is 68.4 cm³/mol. The SMILES string of the molecule is O=c1cc(C2CCC2)ncn1Cc1ccccn1. The standard InChI is InChI=1S/C14H15N3O/c18-14-8-13(11-4-3-5-11)16-10-17(14)9-12-6-1-2-7-15-12/h1-2,6-8,10-11H,3-5,9H2. The quantitative estimate of drug-likeness (QED) is 0.825. The van der Waals surface area contributed by atoms with Gasteiger partial charge in [0.25, 0.3) is 5.56 Å². The van der Waals surface area contributed by atoms with Crippen LogP contribution in [0.5, 0.6) is 0 Å². The molecule has 0 aliphatic heterocycles. The van der Waals surface area contributed by atoms with Crippen LogP contribution in [0.4, 0.5) is 0 Å². The first kappa shape index (κ1) is 11.1. The maximum Gasteiger partial charge on any atom is 0.253 e. The fourth-order valence-corrected chi connectivity index (χ4v) is 2.15. The van der Waals surface area contributed by atoms with Gasteiger partial charge in [0.1, 0.15) is 0 Å². The molecule has 92 valence electrons. The lowest BCUT2D eigenvalue weighted by molar-refractivity contribution is 0.409. The van der Waals surface area contributed by atoms with E-state index in [-0.39, 0.29) is 5.56 Å². The van der Waals surface area contributed by atoms with E-state index in [9.17, 15) is 4.79 Å². The maximum atomic E-state index is 12.0. The largest absolute Gasteiger partial charge is 0.293 e. The molecule has 0 aromatic carbocycles. The van der Waals surface area contributed by atoms with E-state index in [1.807, 2.05) is 18.2 Å². The molecule has 1 aliphatic carbocycles. The van der Waals surface area contributed by atoms with Crippen molar-refractivity contribution in [1.29, 1.82) is 0 Å². The number of nitrogens with zero attached hydrogens (tertiary/aromatic N) is 3. The van der Waals surface area contributed by atoms with Crippen molar-refractivity contribution < 1.29 is 0 Å². The van der Waals surface area contributed by atoms with Crippen molar-refractivity contribution in [1.82, 2.24) is 14.5 Å². The van der Waals surface area contributed by atoms with Gasteiger partial charge in [-0.05, 0) is 25.0 Å². The summed E-state index contributed by atoms with van der Waals surface area (Å²) in [6, 6.07) is 7.37. The summed E-state index contributed by atoms with van der Waals surface area (Å²) in [6.07, 6.45) is 6.96. The van der Waals surface area contributed by atoms with Crippen LogP contribution in [0.15, 0.2) is 41.6 Å². The molecular formula is C14H15N3O. The summed E-state index contributed by atoms with van der Waals surface area (Å²) in [5.41, 5.74) is 1.83. The summed E-state index contributed by atoms with van der Waals surface area (Å²) < 4.78 is 1.60. The first-order chi connectivity index (χ1) is 8.83. The molecule has 2 aromatic heterocycles. The average Bonchev–Trinajstić information content (AvgIpc) is 2.32. The van der Waals surface area contributed by atoms with Gasteiger partial charge in [0.05, 0.1) is 24.3 Å². The Bertz CT molecular complexity index is 587. The van der Waals surface area contributed by atoms with Crippen LogP contribution < -0.4 is 5.56 Å². The Morgan fingerprint density at radius 3 is 2.78 bits per heavy atom. The highest BCUT2D eigenvalue weighted by Gasteiger charge is 2.21. The summed E-state index contributed by atoms with van der Waals surface area (Å²) in [5, 5.41) is 0. The minimum atomic E-state index is 0.0116. The number of hydrogen-bond acceptors (Lipinski definition) is 3. The lowest BCUT2D eigenvalue weighted by atomic mass is 9.83. The van der Waals surface area contributed by atoms with Gasteiger partial charge in [-0.1, -0.05) is 12.5 Å². The van der Waals surface area contributed by atoms with Crippen LogP contribution in [-0.2, 0) is 6.54 Å². The fraction of sp³-hybridized carbons (Fsp3) is 0.357. The zero-order chi connectivity index (χ0) is 12.4. The third-order valence-corrected chi connectivity index (χ3v) is 3.48. The molecule has 0 radical (unpaired) electrons. The second kappa shape index (κ2) is 4.72. The highest BCUT2D eigenvalue weighted by Crippen LogP contribution is 2.34. The molecule has 0 amide bonds. The van der Waals surface area contributed by atoms with Crippen molar-refractivity contribution >= 4 is 0 Å². The Labute approximate surface area is 105 Å². The number of aromatic nitrogens is 3. The summed E-state index contributed by atoms with van der Waals surface area (Å²) in [4.78, 5) is 20.6. The molecule has 0 unspecified atom stereocenters. The van der Waals surface area contributed by atoms with Gasteiger partial charge in [-0.25, -0.2) is 4.98 Å². The molecule has 2 aromatic rings. The van der Waals surface area contributed by atoms with E-state index in [4.69, 9.17) is 0 Å². The van der Waals surface area contributed by atoms with Crippen LogP contribution in [0.1, 0.15) is 36.6 Å². The van der Waals surface area contributed by atoms with Crippen LogP contribution in [0.25, 0.3) is 0 Å². The van der Waals surface area contributed by atoms with Crippen molar-refractivity contribution in [3.63, 3.8) is 0 Å². The van der Waals surface area contributed by atoms with Crippen LogP contribution in [0.2, 0.25) is 0 Å². The van der Waals surface area contributed by atoms with Gasteiger partial charge >= 0.3 is 0 Å². The molecule has 1 fully saturated rings. The smallest absolute Gasteiger partial charge is 0.253 e. The molecule has 18 heavy (non-hydrogen) atoms. The van der Waals surface area contributed by atoms with Crippen LogP contribution in [0.3, 0.4) is 0 Å². The Hall–Kier alpha value is -1.97. The molecule has 1 saturated carbocycles. The van der Waals surface area contributed by atoms with E-state index in [1.54, 1.807) is 23.2 Å². The van der Waals surface area contributed by atoms with E-state index < -0.39 is 0 Å². The molecule has 0 bridgehead atoms. The second-order valence-electron chi connectivity index (χ2n) is 4.73. The summed E-state index contributed by atoms with van der Waals surface area (Å²) >= 11 is 0. The van der Waals surface area contributed by atoms with Crippen molar-refractivity contribution in [3.05, 3.63) is 58.5 Å². The lowest BCUT2D eigenvalue weighted by Gasteiger charge is -2.24. The van der Waals surface area contributed by atoms with Crippen molar-refractivity contribution in [2.24, 2.45) is 0 Å². The molecule has 4 heteroatoms. The minimum Gasteiger partial charge on any atom is -0.293 e. The average molecular weight is 241 g/mol. The summed E-state index contributed by atoms with van der Waals surface area (Å²) in [5.74, 6) is 0.502. The molecule has 0 N–H and O–H groups in total. The molecular weight excluding hydrogens is 226 g/mol. The van der Waals surface area contributed by atoms with Gasteiger partial charge in [-0.2, -0.15) is 0 Å². The second-order valence-corrected chi connectivity index (χ2v) is 4.73. The highest BCUT2D eigenvalue weighted by molar-refractivity contribution is 5.11. The maximum absolute atomic E-state index is 12.0. The topological polar surface area (TPSA) is 47.8 Å². The van der Waals surface area contributed by atoms with Gasteiger partial charge in [-0.15, -0.1) is 0 Å². The summed E-state index contributed by atoms with van der Waals surface area (Å²) in [6.45, 7) is 0.484. The van der Waals surface area contributed by atoms with Crippen molar-refractivity contribution in [2.45, 2.75) is 31.7 Å². The van der Waals surface area contributed by atoms with Gasteiger partial charge in [0.2, 0.25) is 0 Å². The molecule has 4 nitrogen and oxygen atoms in total. The molecule has 1 aliphatic rings. The monoisotopic (exact) mass is 241 g/mol. The van der Waals surface area contributed by atoms with Crippen LogP contribution in [-0.4, -0.2) is 14.5 Å². The zero-order valence-corrected chi connectivity index (χ0v) is 10.1. The lowest BCUT2D eigenvalue weighted by Crippen LogP contribution is -2.23. The van der Waals surface area contributed by atoms with E-state index in [0.29, 0.717) is 12.5 Å². The van der Waals surface area contributed by atoms with Gasteiger partial charge < -0.3 is 0 Å². The third-order valence-electron chi connectivity index (χ3n) is 3.48. The van der Waals surface area contributed by atoms with E-state index in [2.05, 4.69) is 9.97 Å². The Morgan fingerprint density at radius 1 is 1.28 bits per heavy atom. The first-order valence-corrected chi connectivity index (χ1v) is 6.29. The van der Waals surface area contributed by atoms with Gasteiger partial charge in [0, 0.05) is 18.2 Å². The van der Waals surface area contributed by atoms with Crippen molar-refractivity contribution in [3.8, 4) is 0 Å². The molecule has 2 heterocycles. The Balaban J connectivity index is 1.83. The van der Waals surface area contributed by atoms with Crippen molar-refractivity contribution in [2.75, 3.05) is 0 Å². The molecule has 0 atom stereocenters. The molecule has 0 saturated heterocycles. The van der Waals surface area contributed by atoms with Gasteiger partial charge in [-0.3, -0.25) is 14.3 Å². The number of rotatable bonds is 3. The minimum absolute atomic E-state index is 0.0116. The molecule has 3 rings (SSSR count). The molecule has 0 spiro atoms. The van der Waals surface area contributed by atoms with E-state index in [0.717, 1.165) is 24.2 Å². The predicted octanol–water partition coefficient (Wildman–Crippen LogP) is 1.95. The Morgan fingerprint density at radius 2 is 2.17 bits per heavy atom. The van der Waals surface area contributed by atoms with E-state index in [1.165, 1.54) is 6.42 Å². The van der Waals surface area contributed by atoms with E-state index >= 15 is 0 Å². The first-order valence-electron chi connectivity index (χ1n) is 6.29. The fourth-order valence-electron chi connectivity index (χ4n) is 2.15. The normalized spacial score (nSPS) is 15.3. The van der Waals surface area contributed by atoms with Crippen LogP contribution in [0, 0.1) is 0 Å². The Kier molecular flexibility index (Phi) is 2.92. The zero-order valence-electron chi connectivity index (χ0n) is 10.1. The summed E-state index contributed by atoms with van der Waals surface area (Å²) in [7, 11) is 0. The van der Waals surface area contributed by atoms with Gasteiger partial charge in [0.15, 0.2) is 0 Å². The number of pyridine rings is 1. The number of hydrogen-bond donors (Lipinski definition) is 0.